The Balaban J connectivity index is 0. The molecule has 0 aliphatic carbocycles. The van der Waals surface area contributed by atoms with Gasteiger partial charge in [0.25, 0.3) is 0 Å². The van der Waals surface area contributed by atoms with Crippen LogP contribution in [0.3, 0.4) is 0 Å². The summed E-state index contributed by atoms with van der Waals surface area (Å²) in [4.78, 5) is 0. The Kier molecular flexibility index (Phi) is 24.7. The second-order valence-corrected chi connectivity index (χ2v) is 8.05. The first-order valence-electron chi connectivity index (χ1n) is 11.4. The lowest BCUT2D eigenvalue weighted by Gasteiger charge is -2.36. The number of hydrogen-bond donors (Lipinski definition) is 3. The summed E-state index contributed by atoms with van der Waals surface area (Å²) in [5.41, 5.74) is 0. The smallest absolute Gasteiger partial charge is 0.180 e. The van der Waals surface area contributed by atoms with E-state index in [9.17, 15) is 10.2 Å². The standard InChI is InChI=1S/C22H48NO3.BrH/c1-2-3-4-5-6-7-8-9-10-11-12-13-14-15-17-23(22-26,19-21-25)18-16-20-24;/h24-26H,2-22H2,1H3;1H/q+1;/p-1. The predicted octanol–water partition coefficient (Wildman–Crippen LogP) is 1.61. The minimum atomic E-state index is 0. The summed E-state index contributed by atoms with van der Waals surface area (Å²) in [6.45, 7) is 4.86. The van der Waals surface area contributed by atoms with Gasteiger partial charge in [-0.15, -0.1) is 0 Å². The second kappa shape index (κ2) is 22.6. The van der Waals surface area contributed by atoms with E-state index < -0.39 is 0 Å². The van der Waals surface area contributed by atoms with Crippen LogP contribution >= 0.6 is 0 Å². The Bertz CT molecular complexity index is 282. The van der Waals surface area contributed by atoms with Gasteiger partial charge in [0.05, 0.1) is 19.7 Å². The molecule has 0 spiro atoms. The predicted molar refractivity (Wildman–Crippen MR) is 111 cm³/mol. The molecular weight excluding hydrogens is 406 g/mol. The monoisotopic (exact) mass is 453 g/mol. The van der Waals surface area contributed by atoms with Crippen LogP contribution < -0.4 is 17.0 Å². The third-order valence-corrected chi connectivity index (χ3v) is 5.65. The SMILES string of the molecule is CCCCCCCCCCCCCCCC[N+](CO)(CCO)CCCO.[Br-]. The first-order chi connectivity index (χ1) is 12.7. The normalized spacial score (nSPS) is 13.3. The first kappa shape index (κ1) is 29.5. The quantitative estimate of drug-likeness (QED) is 0.140. The first-order valence-corrected chi connectivity index (χ1v) is 11.4. The van der Waals surface area contributed by atoms with E-state index >= 15 is 0 Å². The molecule has 5 heteroatoms. The van der Waals surface area contributed by atoms with Crippen molar-refractivity contribution in [2.75, 3.05) is 39.6 Å². The van der Waals surface area contributed by atoms with Gasteiger partial charge in [-0.05, 0) is 12.8 Å². The van der Waals surface area contributed by atoms with Crippen LogP contribution in [0, 0.1) is 0 Å². The highest BCUT2D eigenvalue weighted by Crippen LogP contribution is 2.15. The summed E-state index contributed by atoms with van der Waals surface area (Å²) in [5, 5.41) is 28.0. The number of hydrogen-bond acceptors (Lipinski definition) is 3. The molecule has 0 fully saturated rings. The number of unbranched alkanes of at least 4 members (excludes halogenated alkanes) is 13. The van der Waals surface area contributed by atoms with Crippen LogP contribution in [0.15, 0.2) is 0 Å². The summed E-state index contributed by atoms with van der Waals surface area (Å²) >= 11 is 0. The zero-order valence-corrected chi connectivity index (χ0v) is 19.6. The Labute approximate surface area is 179 Å². The molecule has 166 valence electrons. The van der Waals surface area contributed by atoms with Gasteiger partial charge in [-0.1, -0.05) is 84.0 Å². The van der Waals surface area contributed by atoms with Gasteiger partial charge in [0.1, 0.15) is 6.54 Å². The third-order valence-electron chi connectivity index (χ3n) is 5.65. The number of rotatable bonds is 21. The van der Waals surface area contributed by atoms with Crippen LogP contribution in [-0.4, -0.2) is 59.4 Å². The molecule has 1 unspecified atom stereocenters. The molecule has 3 N–H and O–H groups in total. The Morgan fingerprint density at radius 3 is 1.26 bits per heavy atom. The van der Waals surface area contributed by atoms with Crippen LogP contribution in [-0.2, 0) is 0 Å². The molecule has 0 aromatic carbocycles. The summed E-state index contributed by atoms with van der Waals surface area (Å²) in [7, 11) is 0. The summed E-state index contributed by atoms with van der Waals surface area (Å²) in [6.07, 6.45) is 19.6. The zero-order chi connectivity index (χ0) is 19.3. The summed E-state index contributed by atoms with van der Waals surface area (Å²) < 4.78 is 0.537. The largest absolute Gasteiger partial charge is 1.00 e. The molecular formula is C22H48BrNO3. The van der Waals surface area contributed by atoms with Crippen molar-refractivity contribution < 1.29 is 36.8 Å². The molecule has 0 rings (SSSR count). The number of nitrogens with zero attached hydrogens (tertiary/aromatic N) is 1. The van der Waals surface area contributed by atoms with Crippen molar-refractivity contribution >= 4 is 0 Å². The van der Waals surface area contributed by atoms with Gasteiger partial charge in [-0.2, -0.15) is 0 Å². The number of aliphatic hydroxyl groups is 3. The van der Waals surface area contributed by atoms with Gasteiger partial charge >= 0.3 is 0 Å². The fourth-order valence-corrected chi connectivity index (χ4v) is 3.81. The molecule has 0 saturated heterocycles. The van der Waals surface area contributed by atoms with E-state index in [2.05, 4.69) is 6.92 Å². The van der Waals surface area contributed by atoms with Gasteiger partial charge in [-0.25, -0.2) is 0 Å². The highest BCUT2D eigenvalue weighted by atomic mass is 79.9. The fourth-order valence-electron chi connectivity index (χ4n) is 3.81. The van der Waals surface area contributed by atoms with Crippen molar-refractivity contribution in [1.82, 2.24) is 0 Å². The van der Waals surface area contributed by atoms with Gasteiger partial charge in [-0.3, -0.25) is 4.48 Å². The topological polar surface area (TPSA) is 60.7 Å². The van der Waals surface area contributed by atoms with Gasteiger partial charge in [0.2, 0.25) is 0 Å². The van der Waals surface area contributed by atoms with E-state index in [1.54, 1.807) is 0 Å². The molecule has 0 aromatic rings. The lowest BCUT2D eigenvalue weighted by molar-refractivity contribution is -0.945. The maximum Gasteiger partial charge on any atom is 0.180 e. The molecule has 0 saturated carbocycles. The van der Waals surface area contributed by atoms with Crippen LogP contribution in [0.2, 0.25) is 0 Å². The maximum atomic E-state index is 9.72. The van der Waals surface area contributed by atoms with Crippen LogP contribution in [0.4, 0.5) is 0 Å². The van der Waals surface area contributed by atoms with Crippen molar-refractivity contribution in [1.29, 1.82) is 0 Å². The molecule has 0 aliphatic rings. The van der Waals surface area contributed by atoms with Crippen LogP contribution in [0.5, 0.6) is 0 Å². The van der Waals surface area contributed by atoms with Crippen molar-refractivity contribution in [2.45, 2.75) is 103 Å². The fraction of sp³-hybridized carbons (Fsp3) is 1.00. The van der Waals surface area contributed by atoms with Crippen molar-refractivity contribution in [3.8, 4) is 0 Å². The minimum Gasteiger partial charge on any atom is -1.00 e. The molecule has 0 heterocycles. The second-order valence-electron chi connectivity index (χ2n) is 8.05. The van der Waals surface area contributed by atoms with E-state index in [-0.39, 0.29) is 36.9 Å². The van der Waals surface area contributed by atoms with E-state index in [4.69, 9.17) is 5.11 Å². The Hall–Kier alpha value is 0.320. The van der Waals surface area contributed by atoms with E-state index in [0.717, 1.165) is 19.5 Å². The Morgan fingerprint density at radius 1 is 0.481 bits per heavy atom. The lowest BCUT2D eigenvalue weighted by Crippen LogP contribution is -3.00. The molecule has 27 heavy (non-hydrogen) atoms. The highest BCUT2D eigenvalue weighted by molar-refractivity contribution is 4.50. The Morgan fingerprint density at radius 2 is 0.889 bits per heavy atom. The molecule has 0 radical (unpaired) electrons. The zero-order valence-electron chi connectivity index (χ0n) is 18.0. The molecule has 1 atom stereocenters. The molecule has 0 bridgehead atoms. The van der Waals surface area contributed by atoms with Gasteiger partial charge < -0.3 is 32.3 Å². The number of aliphatic hydroxyl groups excluding tert-OH is 3. The third kappa shape index (κ3) is 18.1. The summed E-state index contributed by atoms with van der Waals surface area (Å²) in [5.74, 6) is 0. The average Bonchev–Trinajstić information content (AvgIpc) is 2.66. The number of halogens is 1. The number of quaternary nitrogens is 1. The molecule has 0 aromatic heterocycles. The minimum absolute atomic E-state index is 0. The maximum absolute atomic E-state index is 9.72. The van der Waals surface area contributed by atoms with Gasteiger partial charge in [0, 0.05) is 13.0 Å². The van der Waals surface area contributed by atoms with Crippen molar-refractivity contribution in [2.24, 2.45) is 0 Å². The van der Waals surface area contributed by atoms with E-state index in [0.29, 0.717) is 17.4 Å². The highest BCUT2D eigenvalue weighted by Gasteiger charge is 2.24. The average molecular weight is 455 g/mol. The van der Waals surface area contributed by atoms with Crippen LogP contribution in [0.1, 0.15) is 103 Å². The van der Waals surface area contributed by atoms with E-state index in [1.165, 1.54) is 83.5 Å². The van der Waals surface area contributed by atoms with Crippen LogP contribution in [0.25, 0.3) is 0 Å². The summed E-state index contributed by atoms with van der Waals surface area (Å²) in [6, 6.07) is 0. The van der Waals surface area contributed by atoms with Gasteiger partial charge in [0.15, 0.2) is 6.73 Å². The molecule has 0 amide bonds. The lowest BCUT2D eigenvalue weighted by atomic mass is 10.0. The molecule has 0 aliphatic heterocycles. The van der Waals surface area contributed by atoms with E-state index in [1.807, 2.05) is 0 Å². The van der Waals surface area contributed by atoms with Crippen molar-refractivity contribution in [3.05, 3.63) is 0 Å². The van der Waals surface area contributed by atoms with Crippen molar-refractivity contribution in [3.63, 3.8) is 0 Å². The molecule has 4 nitrogen and oxygen atoms in total.